The average Bonchev–Trinajstić information content (AvgIpc) is 2.83. The van der Waals surface area contributed by atoms with Crippen molar-refractivity contribution in [2.45, 2.75) is 32.4 Å². The Labute approximate surface area is 105 Å². The number of ether oxygens (including phenoxy) is 1. The first-order valence-corrected chi connectivity index (χ1v) is 6.26. The van der Waals surface area contributed by atoms with Gasteiger partial charge in [-0.3, -0.25) is 4.57 Å². The molecule has 1 aliphatic rings. The fourth-order valence-corrected chi connectivity index (χ4v) is 2.84. The number of nitrogens with one attached hydrogen (secondary N) is 1. The zero-order chi connectivity index (χ0) is 12.0. The van der Waals surface area contributed by atoms with Crippen molar-refractivity contribution in [2.75, 3.05) is 6.61 Å². The minimum Gasteiger partial charge on any atom is -0.376 e. The zero-order valence-corrected chi connectivity index (χ0v) is 10.8. The number of aromatic amines is 1. The molecule has 1 fully saturated rings. The molecule has 2 atom stereocenters. The third kappa shape index (κ3) is 1.61. The summed E-state index contributed by atoms with van der Waals surface area (Å²) in [5, 5.41) is 0. The number of H-pyrrole nitrogens is 1. The van der Waals surface area contributed by atoms with E-state index in [4.69, 9.17) is 17.0 Å². The maximum absolute atomic E-state index is 5.61. The van der Waals surface area contributed by atoms with Crippen molar-refractivity contribution in [3.05, 3.63) is 22.6 Å². The molecular weight excluding hydrogens is 234 g/mol. The summed E-state index contributed by atoms with van der Waals surface area (Å²) in [7, 11) is 0. The molecule has 1 saturated heterocycles. The number of nitrogens with zero attached hydrogens (tertiary/aromatic N) is 2. The van der Waals surface area contributed by atoms with E-state index in [1.165, 1.54) is 5.56 Å². The Morgan fingerprint density at radius 2 is 2.41 bits per heavy atom. The van der Waals surface area contributed by atoms with E-state index in [0.29, 0.717) is 6.04 Å². The minimum atomic E-state index is 0.197. The Balaban J connectivity index is 2.25. The molecule has 90 valence electrons. The summed E-state index contributed by atoms with van der Waals surface area (Å²) in [5.74, 6) is 0. The topological polar surface area (TPSA) is 42.8 Å². The van der Waals surface area contributed by atoms with Crippen LogP contribution in [0.15, 0.2) is 12.3 Å². The molecule has 4 nitrogen and oxygen atoms in total. The van der Waals surface area contributed by atoms with Gasteiger partial charge in [-0.25, -0.2) is 4.98 Å². The molecule has 0 aromatic carbocycles. The second kappa shape index (κ2) is 3.92. The lowest BCUT2D eigenvalue weighted by molar-refractivity contribution is 0.108. The van der Waals surface area contributed by atoms with Gasteiger partial charge in [0.1, 0.15) is 0 Å². The van der Waals surface area contributed by atoms with Crippen molar-refractivity contribution in [3.63, 3.8) is 0 Å². The van der Waals surface area contributed by atoms with Crippen molar-refractivity contribution in [3.8, 4) is 0 Å². The number of rotatable bonds is 1. The number of aryl methyl sites for hydroxylation is 1. The van der Waals surface area contributed by atoms with Crippen LogP contribution in [0.4, 0.5) is 0 Å². The van der Waals surface area contributed by atoms with Gasteiger partial charge in [-0.2, -0.15) is 0 Å². The molecular formula is C12H15N3OS. The number of fused-ring (bicyclic) bond motifs is 1. The van der Waals surface area contributed by atoms with Gasteiger partial charge in [0.25, 0.3) is 0 Å². The van der Waals surface area contributed by atoms with Gasteiger partial charge in [-0.1, -0.05) is 0 Å². The summed E-state index contributed by atoms with van der Waals surface area (Å²) in [5.41, 5.74) is 3.15. The maximum atomic E-state index is 5.61. The number of hydrogen-bond acceptors (Lipinski definition) is 3. The van der Waals surface area contributed by atoms with Crippen LogP contribution in [0.25, 0.3) is 11.2 Å². The molecule has 0 spiro atoms. The molecule has 2 aromatic heterocycles. The summed E-state index contributed by atoms with van der Waals surface area (Å²) < 4.78 is 8.46. The fraction of sp³-hybridized carbons (Fsp3) is 0.500. The molecule has 17 heavy (non-hydrogen) atoms. The monoisotopic (exact) mass is 249 g/mol. The predicted octanol–water partition coefficient (Wildman–Crippen LogP) is 2.75. The highest BCUT2D eigenvalue weighted by Crippen LogP contribution is 2.29. The van der Waals surface area contributed by atoms with Crippen LogP contribution in [-0.4, -0.2) is 27.2 Å². The molecule has 3 heterocycles. The molecule has 5 heteroatoms. The molecule has 1 aliphatic heterocycles. The zero-order valence-electron chi connectivity index (χ0n) is 9.93. The van der Waals surface area contributed by atoms with Crippen LogP contribution >= 0.6 is 12.2 Å². The van der Waals surface area contributed by atoms with Gasteiger partial charge in [0, 0.05) is 12.8 Å². The quantitative estimate of drug-likeness (QED) is 0.790. The fourth-order valence-electron chi connectivity index (χ4n) is 2.51. The minimum absolute atomic E-state index is 0.197. The molecule has 1 N–H and O–H groups in total. The SMILES string of the molecule is Cc1ccnc2c1[nH]c(=S)n2C1CCOC1C. The molecule has 3 rings (SSSR count). The van der Waals surface area contributed by atoms with E-state index >= 15 is 0 Å². The van der Waals surface area contributed by atoms with Gasteiger partial charge in [-0.05, 0) is 44.1 Å². The van der Waals surface area contributed by atoms with E-state index in [1.54, 1.807) is 0 Å². The molecule has 0 amide bonds. The lowest BCUT2D eigenvalue weighted by Crippen LogP contribution is -2.17. The Kier molecular flexibility index (Phi) is 2.52. The molecule has 0 saturated carbocycles. The smallest absolute Gasteiger partial charge is 0.179 e. The largest absolute Gasteiger partial charge is 0.376 e. The van der Waals surface area contributed by atoms with E-state index < -0.39 is 0 Å². The van der Waals surface area contributed by atoms with Gasteiger partial charge in [0.15, 0.2) is 10.4 Å². The Hall–Kier alpha value is -1.20. The van der Waals surface area contributed by atoms with E-state index in [2.05, 4.69) is 28.4 Å². The van der Waals surface area contributed by atoms with Crippen molar-refractivity contribution < 1.29 is 4.74 Å². The van der Waals surface area contributed by atoms with E-state index in [0.717, 1.165) is 29.0 Å². The maximum Gasteiger partial charge on any atom is 0.179 e. The number of imidazole rings is 1. The summed E-state index contributed by atoms with van der Waals surface area (Å²) in [6, 6.07) is 2.29. The van der Waals surface area contributed by atoms with Gasteiger partial charge in [-0.15, -0.1) is 0 Å². The van der Waals surface area contributed by atoms with E-state index in [9.17, 15) is 0 Å². The third-order valence-corrected chi connectivity index (χ3v) is 3.78. The lowest BCUT2D eigenvalue weighted by atomic mass is 10.1. The third-order valence-electron chi connectivity index (χ3n) is 3.49. The van der Waals surface area contributed by atoms with Gasteiger partial charge < -0.3 is 9.72 Å². The van der Waals surface area contributed by atoms with E-state index in [-0.39, 0.29) is 6.10 Å². The lowest BCUT2D eigenvalue weighted by Gasteiger charge is -2.16. The van der Waals surface area contributed by atoms with Crippen molar-refractivity contribution in [2.24, 2.45) is 0 Å². The summed E-state index contributed by atoms with van der Waals surface area (Å²) in [4.78, 5) is 7.70. The highest BCUT2D eigenvalue weighted by Gasteiger charge is 2.28. The summed E-state index contributed by atoms with van der Waals surface area (Å²) in [6.07, 6.45) is 3.03. The predicted molar refractivity (Wildman–Crippen MR) is 68.7 cm³/mol. The van der Waals surface area contributed by atoms with Crippen molar-refractivity contribution >= 4 is 23.4 Å². The Bertz CT molecular complexity index is 616. The van der Waals surface area contributed by atoms with Crippen LogP contribution in [0.5, 0.6) is 0 Å². The highest BCUT2D eigenvalue weighted by molar-refractivity contribution is 7.71. The second-order valence-corrected chi connectivity index (χ2v) is 4.95. The Morgan fingerprint density at radius 3 is 3.12 bits per heavy atom. The first-order chi connectivity index (χ1) is 8.18. The van der Waals surface area contributed by atoms with Gasteiger partial charge in [0.2, 0.25) is 0 Å². The molecule has 0 aliphatic carbocycles. The van der Waals surface area contributed by atoms with Crippen molar-refractivity contribution in [1.29, 1.82) is 0 Å². The molecule has 0 bridgehead atoms. The normalized spacial score (nSPS) is 24.6. The van der Waals surface area contributed by atoms with Crippen LogP contribution in [0, 0.1) is 11.7 Å². The summed E-state index contributed by atoms with van der Waals surface area (Å²) >= 11 is 5.41. The van der Waals surface area contributed by atoms with Crippen LogP contribution < -0.4 is 0 Å². The van der Waals surface area contributed by atoms with Gasteiger partial charge in [0.05, 0.1) is 17.7 Å². The van der Waals surface area contributed by atoms with Crippen LogP contribution in [0.2, 0.25) is 0 Å². The Morgan fingerprint density at radius 1 is 1.59 bits per heavy atom. The standard InChI is InChI=1S/C12H15N3OS/c1-7-3-5-13-11-10(7)14-12(17)15(11)9-4-6-16-8(9)2/h3,5,8-9H,4,6H2,1-2H3,(H,14,17). The van der Waals surface area contributed by atoms with Gasteiger partial charge >= 0.3 is 0 Å². The van der Waals surface area contributed by atoms with Crippen LogP contribution in [-0.2, 0) is 4.74 Å². The first kappa shape index (κ1) is 10.9. The number of pyridine rings is 1. The summed E-state index contributed by atoms with van der Waals surface area (Å²) in [6.45, 7) is 4.95. The first-order valence-electron chi connectivity index (χ1n) is 5.86. The number of hydrogen-bond donors (Lipinski definition) is 1. The second-order valence-electron chi connectivity index (χ2n) is 4.56. The molecule has 2 unspecified atom stereocenters. The number of aromatic nitrogens is 3. The average molecular weight is 249 g/mol. The van der Waals surface area contributed by atoms with Crippen molar-refractivity contribution in [1.82, 2.24) is 14.5 Å². The van der Waals surface area contributed by atoms with E-state index in [1.807, 2.05) is 12.3 Å². The highest BCUT2D eigenvalue weighted by atomic mass is 32.1. The van der Waals surface area contributed by atoms with Crippen LogP contribution in [0.1, 0.15) is 24.9 Å². The molecule has 2 aromatic rings. The van der Waals surface area contributed by atoms with Crippen LogP contribution in [0.3, 0.4) is 0 Å². The molecule has 0 radical (unpaired) electrons.